The van der Waals surface area contributed by atoms with Gasteiger partial charge in [0, 0.05) is 25.0 Å². The number of likely N-dealkylation sites (tertiary alicyclic amines) is 1. The predicted molar refractivity (Wildman–Crippen MR) is 89.1 cm³/mol. The van der Waals surface area contributed by atoms with Crippen LogP contribution in [0.1, 0.15) is 29.1 Å². The van der Waals surface area contributed by atoms with Crippen molar-refractivity contribution >= 4 is 11.9 Å². The summed E-state index contributed by atoms with van der Waals surface area (Å²) in [5, 5.41) is 7.01. The highest BCUT2D eigenvalue weighted by Gasteiger charge is 2.49. The summed E-state index contributed by atoms with van der Waals surface area (Å²) in [6.45, 7) is 4.52. The quantitative estimate of drug-likeness (QED) is 0.899. The van der Waals surface area contributed by atoms with Crippen LogP contribution in [0.3, 0.4) is 0 Å². The third-order valence-electron chi connectivity index (χ3n) is 4.83. The summed E-state index contributed by atoms with van der Waals surface area (Å²) in [6.07, 6.45) is 5.45. The Morgan fingerprint density at radius 2 is 2.20 bits per heavy atom. The van der Waals surface area contributed by atoms with E-state index in [9.17, 15) is 4.79 Å². The molecule has 0 radical (unpaired) electrons. The van der Waals surface area contributed by atoms with Gasteiger partial charge in [0.1, 0.15) is 5.60 Å². The zero-order chi connectivity index (χ0) is 17.3. The topological polar surface area (TPSA) is 93.4 Å². The number of nitrogens with zero attached hydrogens (tertiary/aromatic N) is 4. The molecule has 1 spiro atoms. The van der Waals surface area contributed by atoms with E-state index in [0.717, 1.165) is 19.4 Å². The molecule has 2 fully saturated rings. The largest absolute Gasteiger partial charge is 0.371 e. The Kier molecular flexibility index (Phi) is 4.12. The molecule has 8 nitrogen and oxygen atoms in total. The number of rotatable bonds is 4. The van der Waals surface area contributed by atoms with E-state index in [4.69, 9.17) is 9.26 Å². The molecule has 2 saturated heterocycles. The number of hydrogen-bond acceptors (Lipinski definition) is 7. The average Bonchev–Trinajstić information content (AvgIpc) is 3.05. The first-order chi connectivity index (χ1) is 12.1. The predicted octanol–water partition coefficient (Wildman–Crippen LogP) is 1.51. The van der Waals surface area contributed by atoms with Gasteiger partial charge in [0.05, 0.1) is 25.4 Å². The molecule has 0 saturated carbocycles. The molecule has 2 aliphatic rings. The van der Waals surface area contributed by atoms with Crippen molar-refractivity contribution in [3.05, 3.63) is 36.0 Å². The Morgan fingerprint density at radius 1 is 1.40 bits per heavy atom. The van der Waals surface area contributed by atoms with E-state index in [0.29, 0.717) is 43.0 Å². The maximum atomic E-state index is 12.3. The fraction of sp³-hybridized carbons (Fsp3) is 0.529. The lowest BCUT2D eigenvalue weighted by molar-refractivity contribution is -0.165. The average molecular weight is 343 g/mol. The summed E-state index contributed by atoms with van der Waals surface area (Å²) in [5.74, 6) is 1.26. The Bertz CT molecular complexity index is 732. The lowest BCUT2D eigenvalue weighted by Gasteiger charge is -2.52. The molecule has 1 N–H and O–H groups in total. The van der Waals surface area contributed by atoms with E-state index >= 15 is 0 Å². The fourth-order valence-electron chi connectivity index (χ4n) is 3.37. The van der Waals surface area contributed by atoms with Gasteiger partial charge in [-0.25, -0.2) is 9.97 Å². The van der Waals surface area contributed by atoms with Gasteiger partial charge in [-0.15, -0.1) is 0 Å². The number of ether oxygens (including phenoxy) is 1. The normalized spacial score (nSPS) is 21.8. The molecule has 0 bridgehead atoms. The van der Waals surface area contributed by atoms with Crippen LogP contribution in [0.5, 0.6) is 0 Å². The molecule has 2 aromatic rings. The molecule has 1 unspecified atom stereocenters. The van der Waals surface area contributed by atoms with Gasteiger partial charge in [-0.3, -0.25) is 4.79 Å². The first kappa shape index (κ1) is 16.0. The molecule has 4 rings (SSSR count). The van der Waals surface area contributed by atoms with E-state index < -0.39 is 0 Å². The fourth-order valence-corrected chi connectivity index (χ4v) is 3.37. The second-order valence-corrected chi connectivity index (χ2v) is 6.85. The van der Waals surface area contributed by atoms with Gasteiger partial charge in [0.15, 0.2) is 0 Å². The minimum Gasteiger partial charge on any atom is -0.371 e. The van der Waals surface area contributed by atoms with Gasteiger partial charge in [0.25, 0.3) is 5.91 Å². The van der Waals surface area contributed by atoms with Crippen LogP contribution in [-0.4, -0.2) is 57.8 Å². The minimum absolute atomic E-state index is 0.111. The van der Waals surface area contributed by atoms with Crippen molar-refractivity contribution in [2.45, 2.75) is 25.4 Å². The van der Waals surface area contributed by atoms with Gasteiger partial charge in [-0.1, -0.05) is 5.16 Å². The molecule has 8 heteroatoms. The number of amides is 1. The number of hydrogen-bond donors (Lipinski definition) is 1. The van der Waals surface area contributed by atoms with Crippen LogP contribution < -0.4 is 5.32 Å². The molecular formula is C17H21N5O3. The van der Waals surface area contributed by atoms with E-state index in [-0.39, 0.29) is 11.5 Å². The second kappa shape index (κ2) is 6.44. The van der Waals surface area contributed by atoms with Crippen LogP contribution in [0.4, 0.5) is 5.95 Å². The van der Waals surface area contributed by atoms with Gasteiger partial charge in [-0.05, 0) is 31.7 Å². The monoisotopic (exact) mass is 343 g/mol. The molecule has 132 valence electrons. The van der Waals surface area contributed by atoms with Crippen molar-refractivity contribution in [3.8, 4) is 0 Å². The Morgan fingerprint density at radius 3 is 2.84 bits per heavy atom. The number of anilines is 1. The van der Waals surface area contributed by atoms with Gasteiger partial charge >= 0.3 is 0 Å². The smallest absolute Gasteiger partial charge is 0.292 e. The molecule has 25 heavy (non-hydrogen) atoms. The molecular weight excluding hydrogens is 322 g/mol. The summed E-state index contributed by atoms with van der Waals surface area (Å²) in [6, 6.07) is 3.46. The Labute approximate surface area is 145 Å². The maximum Gasteiger partial charge on any atom is 0.292 e. The highest BCUT2D eigenvalue weighted by molar-refractivity contribution is 5.92. The van der Waals surface area contributed by atoms with Crippen LogP contribution in [0.15, 0.2) is 29.0 Å². The number of nitrogens with one attached hydrogen (secondary N) is 1. The number of aromatic nitrogens is 3. The van der Waals surface area contributed by atoms with Crippen LogP contribution in [0.25, 0.3) is 0 Å². The summed E-state index contributed by atoms with van der Waals surface area (Å²) in [7, 11) is 0. The highest BCUT2D eigenvalue weighted by atomic mass is 16.5. The van der Waals surface area contributed by atoms with E-state index in [1.54, 1.807) is 36.4 Å². The van der Waals surface area contributed by atoms with Crippen LogP contribution >= 0.6 is 0 Å². The van der Waals surface area contributed by atoms with E-state index in [1.165, 1.54) is 0 Å². The zero-order valence-corrected chi connectivity index (χ0v) is 14.1. The molecule has 0 aliphatic carbocycles. The SMILES string of the molecule is Cc1cc(C(=O)N2CC3(CCC(CNc4ncccn4)CO3)C2)on1. The maximum absolute atomic E-state index is 12.3. The summed E-state index contributed by atoms with van der Waals surface area (Å²) >= 11 is 0. The zero-order valence-electron chi connectivity index (χ0n) is 14.1. The van der Waals surface area contributed by atoms with Crippen molar-refractivity contribution in [2.24, 2.45) is 5.92 Å². The Balaban J connectivity index is 1.24. The van der Waals surface area contributed by atoms with E-state index in [2.05, 4.69) is 20.4 Å². The molecule has 2 aromatic heterocycles. The lowest BCUT2D eigenvalue weighted by Crippen LogP contribution is -2.66. The van der Waals surface area contributed by atoms with Crippen molar-refractivity contribution in [2.75, 3.05) is 31.6 Å². The van der Waals surface area contributed by atoms with Crippen LogP contribution in [0.2, 0.25) is 0 Å². The Hall–Kier alpha value is -2.48. The standard InChI is InChI=1S/C17H21N5O3/c1-12-7-14(25-21-12)15(23)22-10-17(11-22)4-3-13(9-24-17)8-20-16-18-5-2-6-19-16/h2,5-7,13H,3-4,8-11H2,1H3,(H,18,19,20). The van der Waals surface area contributed by atoms with Crippen LogP contribution in [-0.2, 0) is 4.74 Å². The number of aryl methyl sites for hydroxylation is 1. The summed E-state index contributed by atoms with van der Waals surface area (Å²) in [5.41, 5.74) is 0.523. The first-order valence-corrected chi connectivity index (χ1v) is 8.51. The molecule has 2 aliphatic heterocycles. The van der Waals surface area contributed by atoms with Gasteiger partial charge in [0.2, 0.25) is 11.7 Å². The van der Waals surface area contributed by atoms with Crippen molar-refractivity contribution in [1.82, 2.24) is 20.0 Å². The second-order valence-electron chi connectivity index (χ2n) is 6.85. The summed E-state index contributed by atoms with van der Waals surface area (Å²) in [4.78, 5) is 22.4. The van der Waals surface area contributed by atoms with Gasteiger partial charge < -0.3 is 19.5 Å². The lowest BCUT2D eigenvalue weighted by atomic mass is 9.83. The van der Waals surface area contributed by atoms with E-state index in [1.807, 2.05) is 0 Å². The van der Waals surface area contributed by atoms with Crippen molar-refractivity contribution in [1.29, 1.82) is 0 Å². The molecule has 1 atom stereocenters. The summed E-state index contributed by atoms with van der Waals surface area (Å²) < 4.78 is 11.2. The van der Waals surface area contributed by atoms with Crippen LogP contribution in [0, 0.1) is 12.8 Å². The van der Waals surface area contributed by atoms with Gasteiger partial charge in [-0.2, -0.15) is 0 Å². The number of carbonyl (C=O) groups is 1. The van der Waals surface area contributed by atoms with Crippen molar-refractivity contribution < 1.29 is 14.1 Å². The van der Waals surface area contributed by atoms with Crippen molar-refractivity contribution in [3.63, 3.8) is 0 Å². The third-order valence-corrected chi connectivity index (χ3v) is 4.83. The molecule has 1 amide bonds. The number of carbonyl (C=O) groups excluding carboxylic acids is 1. The molecule has 0 aromatic carbocycles. The minimum atomic E-state index is -0.190. The molecule has 4 heterocycles. The third kappa shape index (κ3) is 3.34. The highest BCUT2D eigenvalue weighted by Crippen LogP contribution is 2.36. The first-order valence-electron chi connectivity index (χ1n) is 8.51.